The number of aliphatic hydroxyl groups excluding tert-OH is 2. The Labute approximate surface area is 227 Å². The molecule has 2 aromatic rings. The lowest BCUT2D eigenvalue weighted by molar-refractivity contribution is -0.157. The number of primary amides is 1. The van der Waals surface area contributed by atoms with Gasteiger partial charge in [-0.3, -0.25) is 19.3 Å². The molecule has 4 aliphatic rings. The molecular formula is C27H27N3O8S. The van der Waals surface area contributed by atoms with E-state index in [9.17, 15) is 34.8 Å². The highest BCUT2D eigenvalue weighted by Gasteiger charge is 2.64. The van der Waals surface area contributed by atoms with E-state index in [1.807, 2.05) is 13.0 Å². The highest BCUT2D eigenvalue weighted by atomic mass is 32.1. The molecule has 39 heavy (non-hydrogen) atoms. The first-order valence-electron chi connectivity index (χ1n) is 12.6. The number of Topliss-reactive ketones (excluding diaryl/α,β-unsaturated/α-hetero) is 2. The molecule has 1 aromatic heterocycles. The molecule has 1 saturated heterocycles. The van der Waals surface area contributed by atoms with E-state index in [2.05, 4.69) is 4.37 Å². The number of carbonyl (C=O) groups excluding carboxylic acids is 3. The van der Waals surface area contributed by atoms with Crippen LogP contribution in [0.25, 0.3) is 16.2 Å². The van der Waals surface area contributed by atoms with Crippen molar-refractivity contribution >= 4 is 34.8 Å². The minimum Gasteiger partial charge on any atom is -0.508 e. The van der Waals surface area contributed by atoms with Gasteiger partial charge in [0, 0.05) is 24.6 Å². The van der Waals surface area contributed by atoms with Gasteiger partial charge in [0.25, 0.3) is 5.91 Å². The molecule has 1 amide bonds. The van der Waals surface area contributed by atoms with Gasteiger partial charge in [0.2, 0.25) is 5.78 Å². The van der Waals surface area contributed by atoms with Crippen molar-refractivity contribution in [3.8, 4) is 16.2 Å². The Morgan fingerprint density at radius 2 is 1.92 bits per heavy atom. The van der Waals surface area contributed by atoms with Crippen LogP contribution in [0.5, 0.6) is 5.75 Å². The number of nitrogens with two attached hydrogens (primary N) is 1. The first-order valence-corrected chi connectivity index (χ1v) is 13.4. The number of rotatable bonds is 3. The van der Waals surface area contributed by atoms with Gasteiger partial charge in [-0.1, -0.05) is 0 Å². The summed E-state index contributed by atoms with van der Waals surface area (Å²) in [5.74, 6) is -6.63. The number of aromatic hydroxyl groups is 1. The van der Waals surface area contributed by atoms with Crippen LogP contribution >= 0.6 is 11.5 Å². The molecule has 1 saturated carbocycles. The molecule has 0 unspecified atom stereocenters. The maximum atomic E-state index is 14.1. The Balaban J connectivity index is 1.54. The van der Waals surface area contributed by atoms with Crippen molar-refractivity contribution in [2.24, 2.45) is 17.6 Å². The number of hydrogen-bond acceptors (Lipinski definition) is 11. The Morgan fingerprint density at radius 1 is 1.21 bits per heavy atom. The van der Waals surface area contributed by atoms with E-state index in [1.165, 1.54) is 17.6 Å². The molecule has 6 N–H and O–H groups in total. The van der Waals surface area contributed by atoms with Crippen LogP contribution in [0.4, 0.5) is 0 Å². The number of hydrogen-bond donors (Lipinski definition) is 5. The number of ether oxygens (including phenoxy) is 1. The van der Waals surface area contributed by atoms with Crippen molar-refractivity contribution < 1.29 is 39.5 Å². The molecular weight excluding hydrogens is 526 g/mol. The standard InChI is InChI=1S/C27H27N3O8S/c1-11-8-17(39-29-11)13-2-3-16(31)19-14(13)9-12-10-15-21(30-4-6-38-7-5-30)23(33)20(26(28)36)25(35)27(15,37)24(34)18(12)22(19)32/h2-3,8,12,15,21,31-32,35,37H,4-7,9-10H2,1H3,(H2,28,36)/t12-,15-,21+,27-/m0/s1. The van der Waals surface area contributed by atoms with E-state index in [4.69, 9.17) is 10.5 Å². The van der Waals surface area contributed by atoms with Crippen molar-refractivity contribution in [1.29, 1.82) is 0 Å². The Kier molecular flexibility index (Phi) is 5.92. The molecule has 2 fully saturated rings. The smallest absolute Gasteiger partial charge is 0.255 e. The van der Waals surface area contributed by atoms with Crippen molar-refractivity contribution in [2.75, 3.05) is 26.3 Å². The van der Waals surface area contributed by atoms with Crippen LogP contribution in [0.3, 0.4) is 0 Å². The summed E-state index contributed by atoms with van der Waals surface area (Å²) in [6.07, 6.45) is 0.270. The number of phenols is 1. The second-order valence-corrected chi connectivity index (χ2v) is 11.3. The first kappa shape index (κ1) is 25.7. The minimum atomic E-state index is -2.67. The van der Waals surface area contributed by atoms with Crippen molar-refractivity contribution in [2.45, 2.75) is 31.4 Å². The zero-order valence-corrected chi connectivity index (χ0v) is 21.8. The number of ketones is 2. The third-order valence-corrected chi connectivity index (χ3v) is 9.29. The topological polar surface area (TPSA) is 184 Å². The molecule has 3 aliphatic carbocycles. The normalized spacial score (nSPS) is 29.2. The second-order valence-electron chi connectivity index (χ2n) is 10.5. The summed E-state index contributed by atoms with van der Waals surface area (Å²) in [4.78, 5) is 42.5. The molecule has 2 heterocycles. The molecule has 11 nitrogen and oxygen atoms in total. The van der Waals surface area contributed by atoms with Crippen LogP contribution in [0.1, 0.15) is 23.2 Å². The fourth-order valence-corrected chi connectivity index (χ4v) is 7.45. The van der Waals surface area contributed by atoms with Gasteiger partial charge in [-0.2, -0.15) is 4.37 Å². The van der Waals surface area contributed by atoms with Gasteiger partial charge in [0.1, 0.15) is 22.8 Å². The minimum absolute atomic E-state index is 0.0434. The fraction of sp³-hybridized carbons (Fsp3) is 0.407. The molecule has 4 atom stereocenters. The number of amides is 1. The maximum absolute atomic E-state index is 14.1. The van der Waals surface area contributed by atoms with Gasteiger partial charge in [0.15, 0.2) is 11.4 Å². The molecule has 1 aliphatic heterocycles. The Bertz CT molecular complexity index is 1500. The number of carbonyl (C=O) groups is 3. The lowest BCUT2D eigenvalue weighted by Gasteiger charge is -2.51. The van der Waals surface area contributed by atoms with Crippen molar-refractivity contribution in [3.63, 3.8) is 0 Å². The van der Waals surface area contributed by atoms with Gasteiger partial charge in [-0.25, -0.2) is 0 Å². The number of fused-ring (bicyclic) bond motifs is 3. The number of aliphatic hydroxyl groups is 3. The number of morpholine rings is 1. The van der Waals surface area contributed by atoms with E-state index >= 15 is 0 Å². The molecule has 6 rings (SSSR count). The van der Waals surface area contributed by atoms with Gasteiger partial charge in [-0.05, 0) is 66.5 Å². The zero-order chi connectivity index (χ0) is 27.8. The molecule has 0 bridgehead atoms. The van der Waals surface area contributed by atoms with E-state index in [1.54, 1.807) is 11.0 Å². The van der Waals surface area contributed by atoms with Crippen LogP contribution in [0.15, 0.2) is 35.1 Å². The SMILES string of the molecule is Cc1cc(-c2ccc(O)c3c2C[C@H]2C[C@H]4[C@@H](N5CCOCC5)C(=O)C(C(N)=O)=C(O)[C@@]4(O)C(=O)C2=C3O)sn1. The van der Waals surface area contributed by atoms with Crippen LogP contribution in [-0.4, -0.2) is 85.1 Å². The maximum Gasteiger partial charge on any atom is 0.255 e. The quantitative estimate of drug-likeness (QED) is 0.346. The van der Waals surface area contributed by atoms with Gasteiger partial charge in [0.05, 0.1) is 35.4 Å². The summed E-state index contributed by atoms with van der Waals surface area (Å²) in [5, 5.41) is 45.1. The highest BCUT2D eigenvalue weighted by Crippen LogP contribution is 2.54. The number of nitrogens with zero attached hydrogens (tertiary/aromatic N) is 2. The number of phenolic OH excluding ortho intramolecular Hbond substituents is 1. The fourth-order valence-electron chi connectivity index (χ4n) is 6.65. The summed E-state index contributed by atoms with van der Waals surface area (Å²) in [6.45, 7) is 3.10. The second kappa shape index (κ2) is 8.98. The largest absolute Gasteiger partial charge is 0.508 e. The summed E-state index contributed by atoms with van der Waals surface area (Å²) in [7, 11) is 0. The Morgan fingerprint density at radius 3 is 2.56 bits per heavy atom. The first-order chi connectivity index (χ1) is 18.6. The van der Waals surface area contributed by atoms with Gasteiger partial charge >= 0.3 is 0 Å². The van der Waals surface area contributed by atoms with Crippen LogP contribution in [0, 0.1) is 18.8 Å². The third kappa shape index (κ3) is 3.59. The zero-order valence-electron chi connectivity index (χ0n) is 21.0. The van der Waals surface area contributed by atoms with Crippen molar-refractivity contribution in [1.82, 2.24) is 9.27 Å². The molecule has 12 heteroatoms. The molecule has 204 valence electrons. The summed E-state index contributed by atoms with van der Waals surface area (Å²) < 4.78 is 9.74. The summed E-state index contributed by atoms with van der Waals surface area (Å²) >= 11 is 1.27. The van der Waals surface area contributed by atoms with E-state index < -0.39 is 58.0 Å². The molecule has 0 radical (unpaired) electrons. The van der Waals surface area contributed by atoms with Gasteiger partial charge in [-0.15, -0.1) is 0 Å². The van der Waals surface area contributed by atoms with Crippen LogP contribution in [0.2, 0.25) is 0 Å². The number of aromatic nitrogens is 1. The lowest BCUT2D eigenvalue weighted by atomic mass is 9.57. The molecule has 1 aromatic carbocycles. The van der Waals surface area contributed by atoms with Crippen molar-refractivity contribution in [3.05, 3.63) is 51.9 Å². The summed E-state index contributed by atoms with van der Waals surface area (Å²) in [5.41, 5.74) is 4.03. The van der Waals surface area contributed by atoms with E-state index in [0.717, 1.165) is 16.1 Å². The van der Waals surface area contributed by atoms with Crippen LogP contribution in [-0.2, 0) is 25.5 Å². The number of aryl methyl sites for hydroxylation is 1. The highest BCUT2D eigenvalue weighted by molar-refractivity contribution is 7.09. The lowest BCUT2D eigenvalue weighted by Crippen LogP contribution is -2.67. The molecule has 0 spiro atoms. The van der Waals surface area contributed by atoms with Crippen LogP contribution < -0.4 is 5.73 Å². The predicted octanol–water partition coefficient (Wildman–Crippen LogP) is 1.17. The Hall–Kier alpha value is -3.58. The average molecular weight is 554 g/mol. The average Bonchev–Trinajstić information content (AvgIpc) is 3.32. The monoisotopic (exact) mass is 553 g/mol. The van der Waals surface area contributed by atoms with E-state index in [0.29, 0.717) is 31.9 Å². The van der Waals surface area contributed by atoms with E-state index in [-0.39, 0.29) is 29.7 Å². The van der Waals surface area contributed by atoms with Gasteiger partial charge < -0.3 is 30.9 Å². The number of benzene rings is 1. The predicted molar refractivity (Wildman–Crippen MR) is 139 cm³/mol. The summed E-state index contributed by atoms with van der Waals surface area (Å²) in [6, 6.07) is 3.93. The third-order valence-electron chi connectivity index (χ3n) is 8.38.